The van der Waals surface area contributed by atoms with E-state index in [1.165, 1.54) is 36.1 Å². The molecule has 2 N–H and O–H groups in total. The van der Waals surface area contributed by atoms with Crippen molar-refractivity contribution < 1.29 is 19.3 Å². The van der Waals surface area contributed by atoms with Crippen molar-refractivity contribution in [2.75, 3.05) is 19.6 Å². The Bertz CT molecular complexity index is 923. The van der Waals surface area contributed by atoms with Crippen molar-refractivity contribution >= 4 is 0 Å². The lowest BCUT2D eigenvalue weighted by Crippen LogP contribution is -2.51. The summed E-state index contributed by atoms with van der Waals surface area (Å²) in [5.74, 6) is 0.246. The normalized spacial score (nSPS) is 24.0. The van der Waals surface area contributed by atoms with Crippen LogP contribution in [0.1, 0.15) is 66.6 Å². The number of hydrogen-bond acceptors (Lipinski definition) is 4. The van der Waals surface area contributed by atoms with Gasteiger partial charge in [0.15, 0.2) is 0 Å². The molecule has 0 radical (unpaired) electrons. The number of aliphatic hydroxyl groups is 2. The summed E-state index contributed by atoms with van der Waals surface area (Å²) in [5, 5.41) is 21.4. The number of aliphatic hydroxyl groups excluding tert-OH is 2. The minimum Gasteiger partial charge on any atom is -0.487 e. The highest BCUT2D eigenvalue weighted by atomic mass is 19.1. The zero-order valence-electron chi connectivity index (χ0n) is 17.3. The highest BCUT2D eigenvalue weighted by Crippen LogP contribution is 2.44. The Morgan fingerprint density at radius 1 is 1.07 bits per heavy atom. The van der Waals surface area contributed by atoms with Crippen molar-refractivity contribution in [3.63, 3.8) is 0 Å². The zero-order chi connectivity index (χ0) is 20.7. The van der Waals surface area contributed by atoms with E-state index in [1.54, 1.807) is 6.07 Å². The van der Waals surface area contributed by atoms with E-state index in [2.05, 4.69) is 23.1 Å². The molecule has 5 heteroatoms. The average Bonchev–Trinajstić information content (AvgIpc) is 2.76. The molecule has 0 saturated carbocycles. The van der Waals surface area contributed by atoms with Crippen molar-refractivity contribution in [2.45, 2.75) is 62.8 Å². The van der Waals surface area contributed by atoms with Gasteiger partial charge in [-0.25, -0.2) is 4.39 Å². The molecule has 2 aromatic carbocycles. The molecular weight excluding hydrogens is 381 g/mol. The number of likely N-dealkylation sites (tertiary alicyclic amines) is 1. The Labute approximate surface area is 177 Å². The summed E-state index contributed by atoms with van der Waals surface area (Å²) in [4.78, 5) is 2.28. The van der Waals surface area contributed by atoms with Crippen LogP contribution in [-0.2, 0) is 12.8 Å². The molecule has 1 spiro atoms. The molecule has 0 amide bonds. The molecule has 2 unspecified atom stereocenters. The van der Waals surface area contributed by atoms with Crippen molar-refractivity contribution in [3.8, 4) is 5.75 Å². The second-order valence-corrected chi connectivity index (χ2v) is 9.24. The molecule has 0 bridgehead atoms. The second kappa shape index (κ2) is 7.95. The third-order valence-corrected chi connectivity index (χ3v) is 7.18. The van der Waals surface area contributed by atoms with Crippen LogP contribution in [0.2, 0.25) is 0 Å². The van der Waals surface area contributed by atoms with E-state index in [0.29, 0.717) is 24.3 Å². The summed E-state index contributed by atoms with van der Waals surface area (Å²) in [5.41, 5.74) is 3.99. The summed E-state index contributed by atoms with van der Waals surface area (Å²) in [6.07, 6.45) is 5.66. The molecule has 1 aliphatic carbocycles. The van der Waals surface area contributed by atoms with Crippen molar-refractivity contribution in [1.82, 2.24) is 4.90 Å². The monoisotopic (exact) mass is 411 g/mol. The minimum absolute atomic E-state index is 0.349. The maximum absolute atomic E-state index is 13.5. The minimum atomic E-state index is -0.697. The summed E-state index contributed by atoms with van der Waals surface area (Å²) >= 11 is 0. The van der Waals surface area contributed by atoms with E-state index in [4.69, 9.17) is 4.74 Å². The van der Waals surface area contributed by atoms with Crippen LogP contribution < -0.4 is 4.74 Å². The molecule has 4 nitrogen and oxygen atoms in total. The van der Waals surface area contributed by atoms with Crippen LogP contribution in [-0.4, -0.2) is 40.3 Å². The highest BCUT2D eigenvalue weighted by Gasteiger charge is 2.43. The average molecular weight is 412 g/mol. The number of β-amino-alcohol motifs (C(OH)–C–C–N with tert-alkyl or cyclic N) is 1. The van der Waals surface area contributed by atoms with Gasteiger partial charge in [-0.15, -0.1) is 0 Å². The third-order valence-electron chi connectivity index (χ3n) is 7.18. The quantitative estimate of drug-likeness (QED) is 0.799. The van der Waals surface area contributed by atoms with E-state index in [-0.39, 0.29) is 5.82 Å². The van der Waals surface area contributed by atoms with E-state index in [0.717, 1.165) is 44.3 Å². The number of piperidine rings is 1. The first-order chi connectivity index (χ1) is 14.5. The van der Waals surface area contributed by atoms with Crippen molar-refractivity contribution in [1.29, 1.82) is 0 Å². The van der Waals surface area contributed by atoms with Gasteiger partial charge in [-0.2, -0.15) is 0 Å². The third kappa shape index (κ3) is 3.86. The van der Waals surface area contributed by atoms with Gasteiger partial charge in [-0.1, -0.05) is 18.2 Å². The maximum atomic E-state index is 13.5. The summed E-state index contributed by atoms with van der Waals surface area (Å²) in [7, 11) is 0. The van der Waals surface area contributed by atoms with E-state index < -0.39 is 17.8 Å². The molecule has 2 aromatic rings. The van der Waals surface area contributed by atoms with Crippen LogP contribution in [0, 0.1) is 5.82 Å². The Kier molecular flexibility index (Phi) is 5.30. The molecule has 5 rings (SSSR count). The molecule has 30 heavy (non-hydrogen) atoms. The predicted molar refractivity (Wildman–Crippen MR) is 113 cm³/mol. The highest BCUT2D eigenvalue weighted by molar-refractivity contribution is 5.39. The van der Waals surface area contributed by atoms with E-state index in [9.17, 15) is 14.6 Å². The smallest absolute Gasteiger partial charge is 0.126 e. The number of rotatable bonds is 3. The molecular formula is C25H30FNO3. The van der Waals surface area contributed by atoms with Crippen LogP contribution in [0.5, 0.6) is 5.75 Å². The Hall–Kier alpha value is -1.95. The number of fused-ring (bicyclic) bond motifs is 2. The number of halogens is 1. The Morgan fingerprint density at radius 2 is 1.83 bits per heavy atom. The van der Waals surface area contributed by atoms with Gasteiger partial charge in [0, 0.05) is 31.6 Å². The first-order valence-electron chi connectivity index (χ1n) is 11.2. The van der Waals surface area contributed by atoms with Crippen LogP contribution >= 0.6 is 0 Å². The van der Waals surface area contributed by atoms with Crippen molar-refractivity contribution in [2.24, 2.45) is 0 Å². The van der Waals surface area contributed by atoms with Gasteiger partial charge in [-0.05, 0) is 73.4 Å². The Balaban J connectivity index is 1.22. The van der Waals surface area contributed by atoms with Gasteiger partial charge in [0.2, 0.25) is 0 Å². The summed E-state index contributed by atoms with van der Waals surface area (Å²) in [6, 6.07) is 10.8. The number of aryl methyl sites for hydroxylation is 2. The second-order valence-electron chi connectivity index (χ2n) is 9.24. The molecule has 0 aromatic heterocycles. The topological polar surface area (TPSA) is 52.9 Å². The Morgan fingerprint density at radius 3 is 2.63 bits per heavy atom. The lowest BCUT2D eigenvalue weighted by molar-refractivity contribution is -0.0589. The zero-order valence-corrected chi connectivity index (χ0v) is 17.3. The van der Waals surface area contributed by atoms with Gasteiger partial charge in [0.05, 0.1) is 12.2 Å². The molecule has 1 saturated heterocycles. The molecule has 160 valence electrons. The lowest BCUT2D eigenvalue weighted by Gasteiger charge is -2.46. The molecule has 2 atom stereocenters. The number of ether oxygens (including phenoxy) is 1. The number of hydrogen-bond donors (Lipinski definition) is 2. The van der Waals surface area contributed by atoms with Crippen LogP contribution in [0.4, 0.5) is 4.39 Å². The first kappa shape index (κ1) is 20.0. The SMILES string of the molecule is OC(CN1CCC2(CC1)CC(O)c1cc(F)ccc1O2)c1ccc2c(c1)CCCC2. The standard InChI is InChI=1S/C25H30FNO3/c26-20-7-8-24-21(14-20)22(28)15-25(30-24)9-11-27(12-10-25)16-23(29)19-6-5-17-3-1-2-4-18(17)13-19/h5-8,13-14,22-23,28-29H,1-4,9-12,15-16H2. The summed E-state index contributed by atoms with van der Waals surface area (Å²) < 4.78 is 19.8. The van der Waals surface area contributed by atoms with Crippen molar-refractivity contribution in [3.05, 3.63) is 64.5 Å². The molecule has 2 aliphatic heterocycles. The fraction of sp³-hybridized carbons (Fsp3) is 0.520. The fourth-order valence-corrected chi connectivity index (χ4v) is 5.37. The van der Waals surface area contributed by atoms with Gasteiger partial charge in [0.25, 0.3) is 0 Å². The van der Waals surface area contributed by atoms with E-state index >= 15 is 0 Å². The predicted octanol–water partition coefficient (Wildman–Crippen LogP) is 4.09. The van der Waals surface area contributed by atoms with Gasteiger partial charge in [0.1, 0.15) is 17.2 Å². The fourth-order valence-electron chi connectivity index (χ4n) is 5.37. The largest absolute Gasteiger partial charge is 0.487 e. The van der Waals surface area contributed by atoms with Gasteiger partial charge >= 0.3 is 0 Å². The molecule has 2 heterocycles. The molecule has 1 fully saturated rings. The lowest BCUT2D eigenvalue weighted by atomic mass is 9.81. The first-order valence-corrected chi connectivity index (χ1v) is 11.2. The van der Waals surface area contributed by atoms with Crippen LogP contribution in [0.3, 0.4) is 0 Å². The number of nitrogens with zero attached hydrogens (tertiary/aromatic N) is 1. The number of benzene rings is 2. The van der Waals surface area contributed by atoms with E-state index in [1.807, 2.05) is 0 Å². The summed E-state index contributed by atoms with van der Waals surface area (Å²) in [6.45, 7) is 2.23. The van der Waals surface area contributed by atoms with Gasteiger partial charge < -0.3 is 19.8 Å². The van der Waals surface area contributed by atoms with Crippen LogP contribution in [0.25, 0.3) is 0 Å². The van der Waals surface area contributed by atoms with Gasteiger partial charge in [-0.3, -0.25) is 0 Å². The molecule has 3 aliphatic rings. The maximum Gasteiger partial charge on any atom is 0.126 e. The van der Waals surface area contributed by atoms with Crippen LogP contribution in [0.15, 0.2) is 36.4 Å².